The van der Waals surface area contributed by atoms with Crippen LogP contribution in [0.1, 0.15) is 12.5 Å². The number of hydrogen-bond donors (Lipinski definition) is 3. The molecule has 2 aromatic carbocycles. The number of hydrogen-bond acceptors (Lipinski definition) is 6. The zero-order valence-corrected chi connectivity index (χ0v) is 18.7. The van der Waals surface area contributed by atoms with Gasteiger partial charge in [0.2, 0.25) is 5.91 Å². The lowest BCUT2D eigenvalue weighted by atomic mass is 10.2. The Kier molecular flexibility index (Phi) is 7.71. The van der Waals surface area contributed by atoms with E-state index in [2.05, 4.69) is 26.6 Å². The molecule has 0 fully saturated rings. The lowest BCUT2D eigenvalue weighted by Gasteiger charge is -2.11. The number of nitrogens with one attached hydrogen (secondary N) is 3. The van der Waals surface area contributed by atoms with Gasteiger partial charge in [-0.25, -0.2) is 13.1 Å². The molecule has 0 radical (unpaired) electrons. The first-order chi connectivity index (χ1) is 13.6. The van der Waals surface area contributed by atoms with Crippen LogP contribution in [-0.4, -0.2) is 32.0 Å². The molecule has 0 aromatic heterocycles. The van der Waals surface area contributed by atoms with Crippen LogP contribution in [0.3, 0.4) is 0 Å². The number of sulfonamides is 1. The van der Waals surface area contributed by atoms with Crippen LogP contribution in [0.25, 0.3) is 0 Å². The first-order valence-corrected chi connectivity index (χ1v) is 10.9. The number of aryl methyl sites for hydroxylation is 1. The maximum Gasteiger partial charge on any atom is 0.264 e. The van der Waals surface area contributed by atoms with Crippen molar-refractivity contribution in [3.63, 3.8) is 0 Å². The molecule has 0 unspecified atom stereocenters. The lowest BCUT2D eigenvalue weighted by Crippen LogP contribution is -2.37. The molecule has 29 heavy (non-hydrogen) atoms. The van der Waals surface area contributed by atoms with Gasteiger partial charge in [0.25, 0.3) is 15.9 Å². The molecular weight excluding hydrogens is 482 g/mol. The number of thiocarbonyl (C=S) groups is 1. The second-order valence-electron chi connectivity index (χ2n) is 5.89. The van der Waals surface area contributed by atoms with Crippen LogP contribution in [0.5, 0.6) is 5.75 Å². The second kappa shape index (κ2) is 9.81. The molecule has 0 atom stereocenters. The number of ether oxygens (including phenoxy) is 1. The van der Waals surface area contributed by atoms with Crippen molar-refractivity contribution in [2.24, 2.45) is 0 Å². The van der Waals surface area contributed by atoms with Crippen LogP contribution in [-0.2, 0) is 19.6 Å². The summed E-state index contributed by atoms with van der Waals surface area (Å²) in [7, 11) is -3.91. The minimum absolute atomic E-state index is 0.0306. The predicted molar refractivity (Wildman–Crippen MR) is 116 cm³/mol. The molecule has 11 heteroatoms. The molecule has 0 spiro atoms. The minimum Gasteiger partial charge on any atom is -0.484 e. The zero-order valence-electron chi connectivity index (χ0n) is 15.5. The quantitative estimate of drug-likeness (QED) is 0.523. The summed E-state index contributed by atoms with van der Waals surface area (Å²) in [6.07, 6.45) is 0. The van der Waals surface area contributed by atoms with E-state index in [1.165, 1.54) is 24.3 Å². The first-order valence-electron chi connectivity index (χ1n) is 8.20. The van der Waals surface area contributed by atoms with Crippen LogP contribution >= 0.6 is 28.1 Å². The van der Waals surface area contributed by atoms with Crippen molar-refractivity contribution in [3.05, 3.63) is 52.5 Å². The van der Waals surface area contributed by atoms with E-state index in [1.807, 2.05) is 17.7 Å². The molecular formula is C18H18BrN3O5S2. The Balaban J connectivity index is 1.87. The van der Waals surface area contributed by atoms with Gasteiger partial charge in [-0.3, -0.25) is 14.9 Å². The number of carbonyl (C=O) groups is 2. The van der Waals surface area contributed by atoms with E-state index in [-0.39, 0.29) is 16.6 Å². The van der Waals surface area contributed by atoms with Crippen molar-refractivity contribution in [2.75, 3.05) is 11.9 Å². The Labute approximate surface area is 182 Å². The monoisotopic (exact) mass is 499 g/mol. The zero-order chi connectivity index (χ0) is 21.6. The van der Waals surface area contributed by atoms with Gasteiger partial charge in [0.15, 0.2) is 11.7 Å². The van der Waals surface area contributed by atoms with Crippen molar-refractivity contribution in [1.82, 2.24) is 10.0 Å². The van der Waals surface area contributed by atoms with Gasteiger partial charge in [0.1, 0.15) is 5.75 Å². The van der Waals surface area contributed by atoms with Gasteiger partial charge in [0, 0.05) is 17.1 Å². The molecule has 3 N–H and O–H groups in total. The highest BCUT2D eigenvalue weighted by molar-refractivity contribution is 9.10. The van der Waals surface area contributed by atoms with Crippen molar-refractivity contribution in [2.45, 2.75) is 18.7 Å². The number of rotatable bonds is 6. The third-order valence-electron chi connectivity index (χ3n) is 3.45. The summed E-state index contributed by atoms with van der Waals surface area (Å²) in [5.41, 5.74) is 1.44. The summed E-state index contributed by atoms with van der Waals surface area (Å²) < 4.78 is 32.0. The van der Waals surface area contributed by atoms with Gasteiger partial charge >= 0.3 is 0 Å². The number of amides is 2. The van der Waals surface area contributed by atoms with E-state index in [0.29, 0.717) is 11.4 Å². The number of anilines is 1. The molecule has 0 aliphatic rings. The maximum absolute atomic E-state index is 12.0. The summed E-state index contributed by atoms with van der Waals surface area (Å²) in [4.78, 5) is 22.8. The Morgan fingerprint density at radius 1 is 1.14 bits per heavy atom. The van der Waals surface area contributed by atoms with E-state index in [4.69, 9.17) is 17.0 Å². The Morgan fingerprint density at radius 3 is 2.38 bits per heavy atom. The summed E-state index contributed by atoms with van der Waals surface area (Å²) >= 11 is 8.45. The lowest BCUT2D eigenvalue weighted by molar-refractivity contribution is -0.121. The van der Waals surface area contributed by atoms with E-state index in [1.54, 1.807) is 12.1 Å². The fourth-order valence-corrected chi connectivity index (χ4v) is 3.62. The van der Waals surface area contributed by atoms with Crippen LogP contribution in [0.15, 0.2) is 51.8 Å². The average Bonchev–Trinajstić information content (AvgIpc) is 2.62. The minimum atomic E-state index is -3.91. The molecule has 2 amide bonds. The summed E-state index contributed by atoms with van der Waals surface area (Å²) in [6, 6.07) is 10.9. The fraction of sp³-hybridized carbons (Fsp3) is 0.167. The van der Waals surface area contributed by atoms with Gasteiger partial charge in [-0.2, -0.15) is 0 Å². The molecule has 2 aromatic rings. The SMILES string of the molecule is CC(=O)NS(=O)(=O)c1ccc(NC(=S)NC(=O)COc2ccc(Br)c(C)c2)cc1. The normalized spacial score (nSPS) is 10.7. The van der Waals surface area contributed by atoms with Crippen molar-refractivity contribution < 1.29 is 22.7 Å². The highest BCUT2D eigenvalue weighted by Crippen LogP contribution is 2.21. The van der Waals surface area contributed by atoms with Gasteiger partial charge < -0.3 is 10.1 Å². The maximum atomic E-state index is 12.0. The molecule has 0 aliphatic carbocycles. The van der Waals surface area contributed by atoms with Crippen LogP contribution in [0.2, 0.25) is 0 Å². The van der Waals surface area contributed by atoms with Gasteiger partial charge in [-0.15, -0.1) is 0 Å². The van der Waals surface area contributed by atoms with Gasteiger partial charge in [0.05, 0.1) is 4.90 Å². The fourth-order valence-electron chi connectivity index (χ4n) is 2.15. The summed E-state index contributed by atoms with van der Waals surface area (Å²) in [5.74, 6) is -0.583. The molecule has 0 saturated carbocycles. The van der Waals surface area contributed by atoms with Crippen LogP contribution in [0, 0.1) is 6.92 Å². The number of carbonyl (C=O) groups excluding carboxylic acids is 2. The van der Waals surface area contributed by atoms with Crippen molar-refractivity contribution in [1.29, 1.82) is 0 Å². The molecule has 0 heterocycles. The van der Waals surface area contributed by atoms with Crippen LogP contribution in [0.4, 0.5) is 5.69 Å². The van der Waals surface area contributed by atoms with Gasteiger partial charge in [-0.05, 0) is 67.2 Å². The molecule has 8 nitrogen and oxygen atoms in total. The third kappa shape index (κ3) is 7.11. The van der Waals surface area contributed by atoms with Gasteiger partial charge in [-0.1, -0.05) is 15.9 Å². The van der Waals surface area contributed by atoms with E-state index < -0.39 is 21.8 Å². The molecule has 2 rings (SSSR count). The molecule has 154 valence electrons. The standard InChI is InChI=1S/C18H18BrN3O5S2/c1-11-9-14(5-8-16(11)19)27-10-17(24)21-18(28)20-13-3-6-15(7-4-13)29(25,26)22-12(2)23/h3-9H,10H2,1-2H3,(H,22,23)(H2,20,21,24,28). The number of halogens is 1. The van der Waals surface area contributed by atoms with E-state index in [0.717, 1.165) is 17.0 Å². The highest BCUT2D eigenvalue weighted by Gasteiger charge is 2.15. The first kappa shape index (κ1) is 22.8. The van der Waals surface area contributed by atoms with E-state index >= 15 is 0 Å². The molecule has 0 bridgehead atoms. The number of benzene rings is 2. The second-order valence-corrected chi connectivity index (χ2v) is 8.83. The van der Waals surface area contributed by atoms with Crippen LogP contribution < -0.4 is 20.1 Å². The smallest absolute Gasteiger partial charge is 0.264 e. The predicted octanol–water partition coefficient (Wildman–Crippen LogP) is 2.47. The third-order valence-corrected chi connectivity index (χ3v) is 6.00. The molecule has 0 aliphatic heterocycles. The summed E-state index contributed by atoms with van der Waals surface area (Å²) in [5, 5.41) is 5.26. The van der Waals surface area contributed by atoms with Crippen molar-refractivity contribution >= 4 is 60.8 Å². The van der Waals surface area contributed by atoms with E-state index in [9.17, 15) is 18.0 Å². The highest BCUT2D eigenvalue weighted by atomic mass is 79.9. The summed E-state index contributed by atoms with van der Waals surface area (Å²) in [6.45, 7) is 2.79. The topological polar surface area (TPSA) is 114 Å². The largest absolute Gasteiger partial charge is 0.484 e. The average molecular weight is 500 g/mol. The van der Waals surface area contributed by atoms with Crippen molar-refractivity contribution in [3.8, 4) is 5.75 Å². The Hall–Kier alpha value is -2.50. The molecule has 0 saturated heterocycles. The Bertz CT molecular complexity index is 1040. The Morgan fingerprint density at radius 2 is 1.79 bits per heavy atom.